The van der Waals surface area contributed by atoms with E-state index in [2.05, 4.69) is 29.0 Å². The monoisotopic (exact) mass is 438 g/mol. The van der Waals surface area contributed by atoms with Crippen LogP contribution in [0.5, 0.6) is 5.75 Å². The van der Waals surface area contributed by atoms with Gasteiger partial charge in [-0.1, -0.05) is 18.2 Å². The Morgan fingerprint density at radius 1 is 1.13 bits per heavy atom. The molecule has 7 heteroatoms. The average molecular weight is 439 g/mol. The Morgan fingerprint density at radius 2 is 1.94 bits per heavy atom. The number of methoxy groups -OCH3 is 1. The normalized spacial score (nSPS) is 17.0. The fourth-order valence-electron chi connectivity index (χ4n) is 4.65. The third kappa shape index (κ3) is 4.27. The number of aryl methyl sites for hydroxylation is 2. The second-order valence-electron chi connectivity index (χ2n) is 8.41. The topological polar surface area (TPSA) is 50.7 Å². The second kappa shape index (κ2) is 9.10. The lowest BCUT2D eigenvalue weighted by Gasteiger charge is -2.27. The maximum absolute atomic E-state index is 5.59. The molecule has 31 heavy (non-hydrogen) atoms. The predicted molar refractivity (Wildman–Crippen MR) is 125 cm³/mol. The quantitative estimate of drug-likeness (QED) is 0.579. The molecule has 0 unspecified atom stereocenters. The van der Waals surface area contributed by atoms with Crippen molar-refractivity contribution in [1.29, 1.82) is 0 Å². The van der Waals surface area contributed by atoms with Gasteiger partial charge in [-0.25, -0.2) is 9.97 Å². The van der Waals surface area contributed by atoms with Crippen LogP contribution in [0.4, 0.5) is 5.82 Å². The highest BCUT2D eigenvalue weighted by molar-refractivity contribution is 7.19. The minimum absolute atomic E-state index is 0.748. The molecule has 1 aromatic carbocycles. The smallest absolute Gasteiger partial charge is 0.146 e. The summed E-state index contributed by atoms with van der Waals surface area (Å²) in [4.78, 5) is 17.5. The van der Waals surface area contributed by atoms with Gasteiger partial charge in [0.05, 0.1) is 32.3 Å². The highest BCUT2D eigenvalue weighted by Crippen LogP contribution is 2.40. The first-order chi connectivity index (χ1) is 15.2. The summed E-state index contributed by atoms with van der Waals surface area (Å²) in [6.07, 6.45) is 4.84. The molecule has 0 atom stereocenters. The predicted octanol–water partition coefficient (Wildman–Crippen LogP) is 4.05. The van der Waals surface area contributed by atoms with Crippen molar-refractivity contribution in [3.8, 4) is 5.75 Å². The Hall–Kier alpha value is -2.22. The molecule has 1 aliphatic carbocycles. The summed E-state index contributed by atoms with van der Waals surface area (Å²) >= 11 is 1.88. The molecule has 1 fully saturated rings. The van der Waals surface area contributed by atoms with E-state index in [1.54, 1.807) is 7.11 Å². The van der Waals surface area contributed by atoms with E-state index in [0.717, 1.165) is 73.6 Å². The number of rotatable bonds is 6. The van der Waals surface area contributed by atoms with Gasteiger partial charge in [0.15, 0.2) is 0 Å². The number of hydrogen-bond acceptors (Lipinski definition) is 7. The third-order valence-electron chi connectivity index (χ3n) is 6.27. The number of hydrogen-bond donors (Lipinski definition) is 0. The Bertz CT molecular complexity index is 1060. The summed E-state index contributed by atoms with van der Waals surface area (Å²) in [5.41, 5.74) is 2.64. The van der Waals surface area contributed by atoms with Crippen LogP contribution in [0.2, 0.25) is 0 Å². The first kappa shape index (κ1) is 20.7. The molecule has 3 heterocycles. The first-order valence-corrected chi connectivity index (χ1v) is 12.0. The molecule has 164 valence electrons. The number of nitrogens with zero attached hydrogens (tertiary/aromatic N) is 4. The van der Waals surface area contributed by atoms with Crippen LogP contribution in [0.25, 0.3) is 10.2 Å². The molecule has 0 spiro atoms. The lowest BCUT2D eigenvalue weighted by Crippen LogP contribution is -2.36. The summed E-state index contributed by atoms with van der Waals surface area (Å²) in [6, 6.07) is 8.24. The number of aromatic nitrogens is 2. The van der Waals surface area contributed by atoms with Crippen molar-refractivity contribution < 1.29 is 9.47 Å². The van der Waals surface area contributed by atoms with Crippen molar-refractivity contribution in [2.24, 2.45) is 0 Å². The molecule has 0 saturated carbocycles. The zero-order valence-corrected chi connectivity index (χ0v) is 19.2. The molecule has 1 aliphatic heterocycles. The SMILES string of the molecule is COc1ccccc1CN(C)c1nc(CN2CCOCC2)nc2sc3c(c12)CCCC3. The van der Waals surface area contributed by atoms with Crippen LogP contribution in [-0.4, -0.2) is 55.3 Å². The summed E-state index contributed by atoms with van der Waals surface area (Å²) in [5.74, 6) is 2.88. The highest BCUT2D eigenvalue weighted by Gasteiger charge is 2.24. The van der Waals surface area contributed by atoms with Crippen molar-refractivity contribution in [2.45, 2.75) is 38.8 Å². The van der Waals surface area contributed by atoms with Crippen LogP contribution in [0.1, 0.15) is 34.7 Å². The summed E-state index contributed by atoms with van der Waals surface area (Å²) in [6.45, 7) is 4.98. The van der Waals surface area contributed by atoms with Crippen LogP contribution < -0.4 is 9.64 Å². The van der Waals surface area contributed by atoms with Gasteiger partial charge in [0.25, 0.3) is 0 Å². The lowest BCUT2D eigenvalue weighted by molar-refractivity contribution is 0.0331. The maximum atomic E-state index is 5.59. The van der Waals surface area contributed by atoms with E-state index in [0.29, 0.717) is 0 Å². The number of para-hydroxylation sites is 1. The van der Waals surface area contributed by atoms with Crippen LogP contribution in [-0.2, 0) is 30.7 Å². The van der Waals surface area contributed by atoms with Gasteiger partial charge in [-0.3, -0.25) is 4.90 Å². The number of fused-ring (bicyclic) bond motifs is 3. The van der Waals surface area contributed by atoms with Gasteiger partial charge in [-0.2, -0.15) is 0 Å². The van der Waals surface area contributed by atoms with E-state index in [9.17, 15) is 0 Å². The average Bonchev–Trinajstić information content (AvgIpc) is 3.18. The Kier molecular flexibility index (Phi) is 6.07. The number of morpholine rings is 1. The molecule has 3 aromatic rings. The number of anilines is 1. The maximum Gasteiger partial charge on any atom is 0.146 e. The Labute approximate surface area is 187 Å². The molecule has 0 radical (unpaired) electrons. The summed E-state index contributed by atoms with van der Waals surface area (Å²) in [7, 11) is 3.87. The van der Waals surface area contributed by atoms with Crippen molar-refractivity contribution in [2.75, 3.05) is 45.4 Å². The van der Waals surface area contributed by atoms with E-state index in [4.69, 9.17) is 19.4 Å². The highest BCUT2D eigenvalue weighted by atomic mass is 32.1. The van der Waals surface area contributed by atoms with Crippen LogP contribution in [0.3, 0.4) is 0 Å². The van der Waals surface area contributed by atoms with Crippen molar-refractivity contribution in [3.63, 3.8) is 0 Å². The molecule has 1 saturated heterocycles. The van der Waals surface area contributed by atoms with Gasteiger partial charge in [0.1, 0.15) is 22.2 Å². The minimum Gasteiger partial charge on any atom is -0.496 e. The van der Waals surface area contributed by atoms with E-state index in [1.807, 2.05) is 23.5 Å². The van der Waals surface area contributed by atoms with E-state index < -0.39 is 0 Å². The zero-order chi connectivity index (χ0) is 21.2. The largest absolute Gasteiger partial charge is 0.496 e. The molecular formula is C24H30N4O2S. The number of ether oxygens (including phenoxy) is 2. The minimum atomic E-state index is 0.748. The van der Waals surface area contributed by atoms with Gasteiger partial charge in [0.2, 0.25) is 0 Å². The van der Waals surface area contributed by atoms with Gasteiger partial charge in [-0.05, 0) is 37.3 Å². The molecule has 2 aliphatic rings. The van der Waals surface area contributed by atoms with Crippen LogP contribution in [0.15, 0.2) is 24.3 Å². The number of benzene rings is 1. The van der Waals surface area contributed by atoms with Crippen molar-refractivity contribution >= 4 is 27.4 Å². The molecule has 0 bridgehead atoms. The van der Waals surface area contributed by atoms with Gasteiger partial charge >= 0.3 is 0 Å². The number of thiophene rings is 1. The van der Waals surface area contributed by atoms with Crippen molar-refractivity contribution in [1.82, 2.24) is 14.9 Å². The first-order valence-electron chi connectivity index (χ1n) is 11.2. The van der Waals surface area contributed by atoms with Gasteiger partial charge in [0, 0.05) is 37.1 Å². The van der Waals surface area contributed by atoms with E-state index in [-0.39, 0.29) is 0 Å². The van der Waals surface area contributed by atoms with Crippen molar-refractivity contribution in [3.05, 3.63) is 46.1 Å². The summed E-state index contributed by atoms with van der Waals surface area (Å²) in [5, 5.41) is 1.27. The second-order valence-corrected chi connectivity index (χ2v) is 9.49. The lowest BCUT2D eigenvalue weighted by atomic mass is 9.97. The third-order valence-corrected chi connectivity index (χ3v) is 7.46. The zero-order valence-electron chi connectivity index (χ0n) is 18.4. The molecule has 2 aromatic heterocycles. The van der Waals surface area contributed by atoms with Gasteiger partial charge < -0.3 is 14.4 Å². The van der Waals surface area contributed by atoms with E-state index in [1.165, 1.54) is 35.1 Å². The fraction of sp³-hybridized carbons (Fsp3) is 0.500. The molecule has 5 rings (SSSR count). The van der Waals surface area contributed by atoms with Gasteiger partial charge in [-0.15, -0.1) is 11.3 Å². The molecule has 6 nitrogen and oxygen atoms in total. The Morgan fingerprint density at radius 3 is 2.77 bits per heavy atom. The fourth-order valence-corrected chi connectivity index (χ4v) is 5.93. The molecule has 0 N–H and O–H groups in total. The summed E-state index contributed by atoms with van der Waals surface area (Å²) < 4.78 is 11.1. The van der Waals surface area contributed by atoms with E-state index >= 15 is 0 Å². The van der Waals surface area contributed by atoms with Crippen LogP contribution in [0, 0.1) is 0 Å². The molecule has 0 amide bonds. The molecular weight excluding hydrogens is 408 g/mol. The standard InChI is InChI=1S/C24H30N4O2S/c1-27(15-17-7-3-5-9-19(17)29-2)23-22-18-8-4-6-10-20(18)31-24(22)26-21(25-23)16-28-11-13-30-14-12-28/h3,5,7,9H,4,6,8,10-16H2,1-2H3. The van der Waals surface area contributed by atoms with Crippen LogP contribution >= 0.6 is 11.3 Å². The Balaban J connectivity index is 1.54.